The smallest absolute Gasteiger partial charge is 0.160 e. The van der Waals surface area contributed by atoms with E-state index in [1.807, 2.05) is 31.2 Å². The van der Waals surface area contributed by atoms with Gasteiger partial charge in [-0.3, -0.25) is 0 Å². The van der Waals surface area contributed by atoms with Gasteiger partial charge in [-0.25, -0.2) is 15.0 Å². The molecule has 2 heterocycles. The van der Waals surface area contributed by atoms with Crippen LogP contribution >= 0.6 is 0 Å². The molecule has 6 nitrogen and oxygen atoms in total. The number of rotatable bonds is 4. The van der Waals surface area contributed by atoms with E-state index in [1.54, 1.807) is 6.20 Å². The molecule has 1 aromatic carbocycles. The molecule has 0 aliphatic carbocycles. The van der Waals surface area contributed by atoms with Crippen molar-refractivity contribution in [2.75, 3.05) is 16.4 Å². The van der Waals surface area contributed by atoms with Crippen molar-refractivity contribution in [2.24, 2.45) is 0 Å². The second-order valence-electron chi connectivity index (χ2n) is 5.78. The summed E-state index contributed by atoms with van der Waals surface area (Å²) in [5.41, 5.74) is 11.0. The van der Waals surface area contributed by atoms with Crippen LogP contribution in [0.4, 0.5) is 28.8 Å². The van der Waals surface area contributed by atoms with Crippen molar-refractivity contribution in [2.45, 2.75) is 20.8 Å². The van der Waals surface area contributed by atoms with Crippen molar-refractivity contribution in [1.82, 2.24) is 15.0 Å². The van der Waals surface area contributed by atoms with Gasteiger partial charge in [-0.15, -0.1) is 0 Å². The monoisotopic (exact) mass is 320 g/mol. The van der Waals surface area contributed by atoms with Gasteiger partial charge in [0, 0.05) is 11.9 Å². The van der Waals surface area contributed by atoms with Crippen LogP contribution in [-0.4, -0.2) is 15.0 Å². The number of hydrogen-bond donors (Lipinski definition) is 3. The van der Waals surface area contributed by atoms with Crippen LogP contribution in [0.3, 0.4) is 0 Å². The number of hydrogen-bond acceptors (Lipinski definition) is 6. The summed E-state index contributed by atoms with van der Waals surface area (Å²) < 4.78 is 0. The molecule has 122 valence electrons. The summed E-state index contributed by atoms with van der Waals surface area (Å²) in [6, 6.07) is 10.1. The Kier molecular flexibility index (Phi) is 4.29. The molecule has 0 saturated carbocycles. The second-order valence-corrected chi connectivity index (χ2v) is 5.78. The van der Waals surface area contributed by atoms with Gasteiger partial charge in [0.05, 0.1) is 0 Å². The number of nitrogens with zero attached hydrogens (tertiary/aromatic N) is 3. The molecular weight excluding hydrogens is 300 g/mol. The predicted molar refractivity (Wildman–Crippen MR) is 97.9 cm³/mol. The van der Waals surface area contributed by atoms with E-state index in [-0.39, 0.29) is 0 Å². The number of aryl methyl sites for hydroxylation is 3. The average Bonchev–Trinajstić information content (AvgIpc) is 2.52. The molecule has 0 unspecified atom stereocenters. The van der Waals surface area contributed by atoms with E-state index in [0.717, 1.165) is 17.1 Å². The zero-order chi connectivity index (χ0) is 17.1. The summed E-state index contributed by atoms with van der Waals surface area (Å²) in [5.74, 6) is 1.81. The molecule has 4 N–H and O–H groups in total. The number of nitrogen functional groups attached to an aromatic ring is 1. The van der Waals surface area contributed by atoms with E-state index >= 15 is 0 Å². The molecule has 0 aliphatic heterocycles. The number of nitrogens with one attached hydrogen (secondary N) is 2. The first-order valence-electron chi connectivity index (χ1n) is 7.67. The first kappa shape index (κ1) is 15.7. The minimum atomic E-state index is 0.446. The summed E-state index contributed by atoms with van der Waals surface area (Å²) in [7, 11) is 0. The Balaban J connectivity index is 1.89. The van der Waals surface area contributed by atoms with Gasteiger partial charge >= 0.3 is 0 Å². The maximum absolute atomic E-state index is 6.23. The molecule has 3 aromatic rings. The van der Waals surface area contributed by atoms with Crippen LogP contribution in [0.2, 0.25) is 0 Å². The van der Waals surface area contributed by atoms with Crippen molar-refractivity contribution in [3.8, 4) is 0 Å². The molecule has 6 heteroatoms. The quantitative estimate of drug-likeness (QED) is 0.676. The highest BCUT2D eigenvalue weighted by atomic mass is 15.1. The summed E-state index contributed by atoms with van der Waals surface area (Å²) in [4.78, 5) is 12.8. The lowest BCUT2D eigenvalue weighted by Crippen LogP contribution is -2.06. The van der Waals surface area contributed by atoms with Gasteiger partial charge in [0.2, 0.25) is 0 Å². The lowest BCUT2D eigenvalue weighted by atomic mass is 10.1. The topological polar surface area (TPSA) is 88.8 Å². The Hall–Kier alpha value is -3.15. The second kappa shape index (κ2) is 6.54. The van der Waals surface area contributed by atoms with Crippen LogP contribution in [0, 0.1) is 20.8 Å². The molecule has 2 aromatic heterocycles. The largest absolute Gasteiger partial charge is 0.393 e. The Morgan fingerprint density at radius 2 is 1.50 bits per heavy atom. The van der Waals surface area contributed by atoms with Gasteiger partial charge in [-0.05, 0) is 55.7 Å². The minimum Gasteiger partial charge on any atom is -0.393 e. The summed E-state index contributed by atoms with van der Waals surface area (Å²) >= 11 is 0. The van der Waals surface area contributed by atoms with Gasteiger partial charge in [0.1, 0.15) is 17.8 Å². The van der Waals surface area contributed by atoms with E-state index in [2.05, 4.69) is 45.5 Å². The number of anilines is 5. The van der Waals surface area contributed by atoms with E-state index in [0.29, 0.717) is 17.3 Å². The maximum Gasteiger partial charge on any atom is 0.160 e. The highest BCUT2D eigenvalue weighted by Crippen LogP contribution is 2.28. The lowest BCUT2D eigenvalue weighted by molar-refractivity contribution is 1.15. The van der Waals surface area contributed by atoms with Gasteiger partial charge in [0.25, 0.3) is 0 Å². The van der Waals surface area contributed by atoms with Crippen LogP contribution in [0.15, 0.2) is 42.9 Å². The molecular formula is C18H20N6. The van der Waals surface area contributed by atoms with E-state index < -0.39 is 0 Å². The first-order valence-corrected chi connectivity index (χ1v) is 7.67. The summed E-state index contributed by atoms with van der Waals surface area (Å²) in [6.45, 7) is 6.08. The minimum absolute atomic E-state index is 0.446. The molecule has 0 amide bonds. The third kappa shape index (κ3) is 3.43. The third-order valence-corrected chi connectivity index (χ3v) is 3.61. The molecule has 3 rings (SSSR count). The zero-order valence-electron chi connectivity index (χ0n) is 14.0. The van der Waals surface area contributed by atoms with Gasteiger partial charge in [-0.2, -0.15) is 0 Å². The standard InChI is InChI=1S/C18H20N6/c1-11-7-12(2)9-14(8-11)23-17-15(19)18(22-10-21-17)24-16-13(3)5-4-6-20-16/h4-10H,19H2,1-3H3,(H2,20,21,22,23,24). The SMILES string of the molecule is Cc1cc(C)cc(Nc2ncnc(Nc3ncccc3C)c2N)c1. The fraction of sp³-hybridized carbons (Fsp3) is 0.167. The van der Waals surface area contributed by atoms with Gasteiger partial charge in [0.15, 0.2) is 11.6 Å². The summed E-state index contributed by atoms with van der Waals surface area (Å²) in [6.07, 6.45) is 3.20. The maximum atomic E-state index is 6.23. The van der Waals surface area contributed by atoms with Crippen LogP contribution in [-0.2, 0) is 0 Å². The highest BCUT2D eigenvalue weighted by Gasteiger charge is 2.10. The van der Waals surface area contributed by atoms with Gasteiger partial charge in [-0.1, -0.05) is 12.1 Å². The Morgan fingerprint density at radius 3 is 2.17 bits per heavy atom. The molecule has 0 spiro atoms. The van der Waals surface area contributed by atoms with Crippen molar-refractivity contribution in [1.29, 1.82) is 0 Å². The number of benzene rings is 1. The van der Waals surface area contributed by atoms with E-state index in [1.165, 1.54) is 17.5 Å². The normalized spacial score (nSPS) is 10.5. The van der Waals surface area contributed by atoms with Crippen LogP contribution in [0.25, 0.3) is 0 Å². The molecule has 0 aliphatic rings. The fourth-order valence-electron chi connectivity index (χ4n) is 2.51. The van der Waals surface area contributed by atoms with Crippen molar-refractivity contribution in [3.05, 3.63) is 59.5 Å². The lowest BCUT2D eigenvalue weighted by Gasteiger charge is -2.13. The third-order valence-electron chi connectivity index (χ3n) is 3.61. The Labute approximate surface area is 141 Å². The first-order chi connectivity index (χ1) is 11.5. The Bertz CT molecular complexity index is 855. The molecule has 0 atom stereocenters. The van der Waals surface area contributed by atoms with Crippen molar-refractivity contribution < 1.29 is 0 Å². The molecule has 0 radical (unpaired) electrons. The molecule has 0 saturated heterocycles. The van der Waals surface area contributed by atoms with E-state index in [9.17, 15) is 0 Å². The van der Waals surface area contributed by atoms with Crippen LogP contribution in [0.5, 0.6) is 0 Å². The van der Waals surface area contributed by atoms with Crippen molar-refractivity contribution in [3.63, 3.8) is 0 Å². The molecule has 0 fully saturated rings. The number of aromatic nitrogens is 3. The average molecular weight is 320 g/mol. The Morgan fingerprint density at radius 1 is 0.833 bits per heavy atom. The number of pyridine rings is 1. The predicted octanol–water partition coefficient (Wildman–Crippen LogP) is 3.87. The van der Waals surface area contributed by atoms with E-state index in [4.69, 9.17) is 5.73 Å². The highest BCUT2D eigenvalue weighted by molar-refractivity contribution is 5.80. The van der Waals surface area contributed by atoms with Gasteiger partial charge < -0.3 is 16.4 Å². The zero-order valence-corrected chi connectivity index (χ0v) is 14.0. The molecule has 0 bridgehead atoms. The van der Waals surface area contributed by atoms with Crippen molar-refractivity contribution >= 4 is 28.8 Å². The fourth-order valence-corrected chi connectivity index (χ4v) is 2.51. The summed E-state index contributed by atoms with van der Waals surface area (Å²) in [5, 5.41) is 6.42. The number of nitrogens with two attached hydrogens (primary N) is 1. The van der Waals surface area contributed by atoms with Crippen LogP contribution in [0.1, 0.15) is 16.7 Å². The molecule has 24 heavy (non-hydrogen) atoms. The van der Waals surface area contributed by atoms with Crippen LogP contribution < -0.4 is 16.4 Å².